The fourth-order valence-electron chi connectivity index (χ4n) is 3.66. The molecule has 1 aliphatic heterocycles. The number of anilines is 1. The summed E-state index contributed by atoms with van der Waals surface area (Å²) < 4.78 is 8.37. The van der Waals surface area contributed by atoms with Gasteiger partial charge in [-0.2, -0.15) is 4.68 Å². The van der Waals surface area contributed by atoms with Crippen molar-refractivity contribution in [2.75, 3.05) is 5.32 Å². The Labute approximate surface area is 159 Å². The van der Waals surface area contributed by atoms with E-state index in [9.17, 15) is 4.79 Å². The first-order valence-corrected chi connectivity index (χ1v) is 9.65. The molecular weight excluding hydrogens is 398 g/mol. The summed E-state index contributed by atoms with van der Waals surface area (Å²) in [6, 6.07) is 7.35. The number of allylic oxidation sites excluding steroid dienone is 1. The Bertz CT molecular complexity index is 857. The molecule has 0 radical (unpaired) electrons. The largest absolute Gasteiger partial charge is 0.459 e. The second kappa shape index (κ2) is 7.19. The lowest BCUT2D eigenvalue weighted by atomic mass is 9.95. The van der Waals surface area contributed by atoms with Crippen molar-refractivity contribution >= 4 is 27.8 Å². The highest BCUT2D eigenvalue weighted by Gasteiger charge is 2.36. The molecule has 136 valence electrons. The van der Waals surface area contributed by atoms with Crippen LogP contribution < -0.4 is 5.32 Å². The predicted octanol–water partition coefficient (Wildman–Crippen LogP) is 3.60. The number of rotatable bonds is 3. The lowest BCUT2D eigenvalue weighted by molar-refractivity contribution is -0.146. The Hall–Kier alpha value is -2.22. The third-order valence-corrected chi connectivity index (χ3v) is 5.68. The van der Waals surface area contributed by atoms with Crippen molar-refractivity contribution in [2.45, 2.75) is 51.2 Å². The summed E-state index contributed by atoms with van der Waals surface area (Å²) in [4.78, 5) is 13.1. The van der Waals surface area contributed by atoms with E-state index in [0.29, 0.717) is 17.2 Å². The second-order valence-electron chi connectivity index (χ2n) is 6.70. The van der Waals surface area contributed by atoms with E-state index in [-0.39, 0.29) is 12.1 Å². The van der Waals surface area contributed by atoms with Crippen molar-refractivity contribution in [1.29, 1.82) is 0 Å². The van der Waals surface area contributed by atoms with E-state index in [1.165, 1.54) is 6.42 Å². The van der Waals surface area contributed by atoms with Crippen LogP contribution in [0, 0.1) is 0 Å². The van der Waals surface area contributed by atoms with Crippen LogP contribution in [0.2, 0.25) is 0 Å². The van der Waals surface area contributed by atoms with Gasteiger partial charge in [-0.3, -0.25) is 0 Å². The van der Waals surface area contributed by atoms with E-state index in [0.717, 1.165) is 35.7 Å². The molecule has 2 heterocycles. The van der Waals surface area contributed by atoms with Gasteiger partial charge in [-0.05, 0) is 54.7 Å². The van der Waals surface area contributed by atoms with Crippen LogP contribution in [0.4, 0.5) is 5.95 Å². The van der Waals surface area contributed by atoms with E-state index in [4.69, 9.17) is 4.74 Å². The van der Waals surface area contributed by atoms with Crippen molar-refractivity contribution in [3.63, 3.8) is 0 Å². The van der Waals surface area contributed by atoms with Gasteiger partial charge in [-0.25, -0.2) is 4.79 Å². The highest BCUT2D eigenvalue weighted by molar-refractivity contribution is 9.10. The summed E-state index contributed by atoms with van der Waals surface area (Å²) in [5, 5.41) is 15.0. The van der Waals surface area contributed by atoms with Crippen LogP contribution in [0.25, 0.3) is 0 Å². The number of esters is 1. The number of fused-ring (bicyclic) bond motifs is 1. The van der Waals surface area contributed by atoms with Crippen molar-refractivity contribution in [3.8, 4) is 0 Å². The van der Waals surface area contributed by atoms with E-state index in [2.05, 4.69) is 36.8 Å². The molecule has 8 heteroatoms. The number of benzene rings is 1. The number of carbonyl (C=O) groups is 1. The molecule has 1 aromatic carbocycles. The van der Waals surface area contributed by atoms with E-state index < -0.39 is 6.04 Å². The minimum Gasteiger partial charge on any atom is -0.459 e. The smallest absolute Gasteiger partial charge is 0.338 e. The maximum Gasteiger partial charge on any atom is 0.338 e. The summed E-state index contributed by atoms with van der Waals surface area (Å²) in [6.45, 7) is 1.86. The van der Waals surface area contributed by atoms with Gasteiger partial charge in [0.1, 0.15) is 12.1 Å². The average molecular weight is 418 g/mol. The Morgan fingerprint density at radius 3 is 2.81 bits per heavy atom. The van der Waals surface area contributed by atoms with Crippen LogP contribution in [0.15, 0.2) is 40.0 Å². The van der Waals surface area contributed by atoms with Gasteiger partial charge in [0.15, 0.2) is 0 Å². The van der Waals surface area contributed by atoms with Crippen LogP contribution >= 0.6 is 15.9 Å². The number of hydrogen-bond donors (Lipinski definition) is 1. The number of halogens is 1. The maximum absolute atomic E-state index is 13.1. The standard InChI is InChI=1S/C18H20BrN5O2/c1-11-15(17(25)26-12-7-3-2-4-8-12)16(13-9-5-6-10-14(13)19)24-18(20-11)21-22-23-24/h5-6,9-10,12,16H,2-4,7-8H2,1H3,(H,20,21,23)/t16-/m0/s1. The van der Waals surface area contributed by atoms with Gasteiger partial charge in [-0.15, -0.1) is 0 Å². The van der Waals surface area contributed by atoms with E-state index in [1.54, 1.807) is 4.68 Å². The van der Waals surface area contributed by atoms with Crippen LogP contribution in [0.1, 0.15) is 50.6 Å². The first-order chi connectivity index (χ1) is 12.6. The first-order valence-electron chi connectivity index (χ1n) is 8.86. The van der Waals surface area contributed by atoms with E-state index >= 15 is 0 Å². The van der Waals surface area contributed by atoms with Gasteiger partial charge in [0.2, 0.25) is 5.95 Å². The minimum atomic E-state index is -0.437. The Balaban J connectivity index is 1.72. The third-order valence-electron chi connectivity index (χ3n) is 4.96. The highest BCUT2D eigenvalue weighted by atomic mass is 79.9. The quantitative estimate of drug-likeness (QED) is 0.768. The van der Waals surface area contributed by atoms with Gasteiger partial charge in [-0.1, -0.05) is 45.6 Å². The molecule has 1 aliphatic carbocycles. The molecule has 0 unspecified atom stereocenters. The van der Waals surface area contributed by atoms with Crippen LogP contribution in [0.5, 0.6) is 0 Å². The average Bonchev–Trinajstić information content (AvgIpc) is 3.10. The molecule has 2 aliphatic rings. The number of ether oxygens (including phenoxy) is 1. The van der Waals surface area contributed by atoms with Gasteiger partial charge < -0.3 is 10.1 Å². The molecule has 0 bridgehead atoms. The van der Waals surface area contributed by atoms with Gasteiger partial charge in [0.05, 0.1) is 5.57 Å². The molecular formula is C18H20BrN5O2. The van der Waals surface area contributed by atoms with Crippen LogP contribution in [-0.4, -0.2) is 32.3 Å². The van der Waals surface area contributed by atoms with Crippen molar-refractivity contribution < 1.29 is 9.53 Å². The summed E-state index contributed by atoms with van der Waals surface area (Å²) in [7, 11) is 0. The molecule has 7 nitrogen and oxygen atoms in total. The van der Waals surface area contributed by atoms with Gasteiger partial charge in [0, 0.05) is 10.2 Å². The highest BCUT2D eigenvalue weighted by Crippen LogP contribution is 2.38. The SMILES string of the molecule is CC1=C(C(=O)OC2CCCCC2)[C@H](c2ccccc2Br)n2nnnc2N1. The summed E-state index contributed by atoms with van der Waals surface area (Å²) in [5.74, 6) is 0.210. The maximum atomic E-state index is 13.1. The molecule has 1 atom stereocenters. The Kier molecular flexibility index (Phi) is 4.76. The number of carbonyl (C=O) groups excluding carboxylic acids is 1. The summed E-state index contributed by atoms with van der Waals surface area (Å²) in [5.41, 5.74) is 2.17. The molecule has 26 heavy (non-hydrogen) atoms. The topological polar surface area (TPSA) is 81.9 Å². The second-order valence-corrected chi connectivity index (χ2v) is 7.55. The first kappa shape index (κ1) is 17.2. The molecule has 1 fully saturated rings. The van der Waals surface area contributed by atoms with Gasteiger partial charge in [0.25, 0.3) is 0 Å². The fourth-order valence-corrected chi connectivity index (χ4v) is 4.16. The zero-order valence-electron chi connectivity index (χ0n) is 14.5. The zero-order valence-corrected chi connectivity index (χ0v) is 16.1. The Morgan fingerprint density at radius 1 is 1.27 bits per heavy atom. The van der Waals surface area contributed by atoms with Crippen LogP contribution in [-0.2, 0) is 9.53 Å². The minimum absolute atomic E-state index is 0.00770. The number of tetrazole rings is 1. The predicted molar refractivity (Wildman–Crippen MR) is 99.4 cm³/mol. The summed E-state index contributed by atoms with van der Waals surface area (Å²) in [6.07, 6.45) is 5.29. The molecule has 0 saturated heterocycles. The Morgan fingerprint density at radius 2 is 2.04 bits per heavy atom. The molecule has 0 amide bonds. The molecule has 1 N–H and O–H groups in total. The molecule has 1 saturated carbocycles. The van der Waals surface area contributed by atoms with Crippen molar-refractivity contribution in [1.82, 2.24) is 20.2 Å². The van der Waals surface area contributed by atoms with Crippen molar-refractivity contribution in [2.24, 2.45) is 0 Å². The third kappa shape index (κ3) is 3.13. The number of aromatic nitrogens is 4. The number of hydrogen-bond acceptors (Lipinski definition) is 6. The molecule has 1 aromatic heterocycles. The lowest BCUT2D eigenvalue weighted by Gasteiger charge is -2.30. The fraction of sp³-hybridized carbons (Fsp3) is 0.444. The zero-order chi connectivity index (χ0) is 18.1. The summed E-state index contributed by atoms with van der Waals surface area (Å²) >= 11 is 3.59. The lowest BCUT2D eigenvalue weighted by Crippen LogP contribution is -2.32. The van der Waals surface area contributed by atoms with Crippen molar-refractivity contribution in [3.05, 3.63) is 45.6 Å². The molecule has 0 spiro atoms. The molecule has 4 rings (SSSR count). The monoisotopic (exact) mass is 417 g/mol. The van der Waals surface area contributed by atoms with E-state index in [1.807, 2.05) is 31.2 Å². The van der Waals surface area contributed by atoms with Gasteiger partial charge >= 0.3 is 5.97 Å². The number of nitrogens with one attached hydrogen (secondary N) is 1. The van der Waals surface area contributed by atoms with Crippen LogP contribution in [0.3, 0.4) is 0 Å². The normalized spacial score (nSPS) is 20.5. The molecule has 2 aromatic rings. The number of nitrogens with zero attached hydrogens (tertiary/aromatic N) is 4.